The third kappa shape index (κ3) is 3.69. The number of hydrogen-bond donors (Lipinski definition) is 1. The van der Waals surface area contributed by atoms with Crippen LogP contribution in [0.25, 0.3) is 6.08 Å². The molecule has 0 spiro atoms. The molecule has 134 valence electrons. The summed E-state index contributed by atoms with van der Waals surface area (Å²) in [5.41, 5.74) is 2.68. The first-order valence-electron chi connectivity index (χ1n) is 9.11. The highest BCUT2D eigenvalue weighted by Gasteiger charge is 2.27. The fourth-order valence-corrected chi connectivity index (χ4v) is 3.50. The molecule has 2 fully saturated rings. The maximum absolute atomic E-state index is 13.0. The van der Waals surface area contributed by atoms with Gasteiger partial charge in [-0.15, -0.1) is 0 Å². The number of nitrogens with one attached hydrogen (secondary N) is 1. The van der Waals surface area contributed by atoms with E-state index in [-0.39, 0.29) is 11.7 Å². The van der Waals surface area contributed by atoms with Crippen molar-refractivity contribution < 1.29 is 9.53 Å². The van der Waals surface area contributed by atoms with Crippen molar-refractivity contribution in [1.29, 1.82) is 0 Å². The van der Waals surface area contributed by atoms with Crippen LogP contribution >= 0.6 is 0 Å². The van der Waals surface area contributed by atoms with Crippen molar-refractivity contribution in [2.75, 3.05) is 44.3 Å². The Hall–Kier alpha value is -2.50. The van der Waals surface area contributed by atoms with Gasteiger partial charge in [-0.25, -0.2) is 4.98 Å². The first-order chi connectivity index (χ1) is 12.8. The van der Waals surface area contributed by atoms with E-state index >= 15 is 0 Å². The molecule has 1 aromatic carbocycles. The topological polar surface area (TPSA) is 54.5 Å². The van der Waals surface area contributed by atoms with E-state index in [0.717, 1.165) is 49.0 Å². The standard InChI is InChI=1S/C21H23N3O2/c25-21-17(14-22-15-19(21)16-5-2-1-3-6-16)13-18-7-4-8-20(23-18)24-9-11-26-12-10-24/h1-8,13,19,22H,9-12,14-15H2. The Labute approximate surface area is 153 Å². The number of nitrogens with zero attached hydrogens (tertiary/aromatic N) is 2. The van der Waals surface area contributed by atoms with Crippen LogP contribution in [0.5, 0.6) is 0 Å². The molecule has 5 heteroatoms. The predicted molar refractivity (Wildman–Crippen MR) is 102 cm³/mol. The Balaban J connectivity index is 1.56. The van der Waals surface area contributed by atoms with Gasteiger partial charge in [0.15, 0.2) is 5.78 Å². The number of aromatic nitrogens is 1. The molecule has 3 heterocycles. The number of carbonyl (C=O) groups excluding carboxylic acids is 1. The molecule has 5 nitrogen and oxygen atoms in total. The van der Waals surface area contributed by atoms with Gasteiger partial charge in [0.05, 0.1) is 24.8 Å². The van der Waals surface area contributed by atoms with Crippen LogP contribution in [0.2, 0.25) is 0 Å². The van der Waals surface area contributed by atoms with Crippen molar-refractivity contribution in [3.8, 4) is 0 Å². The highest BCUT2D eigenvalue weighted by atomic mass is 16.5. The Morgan fingerprint density at radius 2 is 1.88 bits per heavy atom. The fourth-order valence-electron chi connectivity index (χ4n) is 3.50. The van der Waals surface area contributed by atoms with Gasteiger partial charge in [-0.1, -0.05) is 36.4 Å². The molecule has 26 heavy (non-hydrogen) atoms. The summed E-state index contributed by atoms with van der Waals surface area (Å²) in [5.74, 6) is 1.01. The smallest absolute Gasteiger partial charge is 0.168 e. The van der Waals surface area contributed by atoms with Gasteiger partial charge >= 0.3 is 0 Å². The SMILES string of the molecule is O=C1C(=Cc2cccc(N3CCOCC3)n2)CNCC1c1ccccc1. The number of morpholine rings is 1. The van der Waals surface area contributed by atoms with Crippen molar-refractivity contribution in [1.82, 2.24) is 10.3 Å². The van der Waals surface area contributed by atoms with E-state index in [4.69, 9.17) is 9.72 Å². The zero-order valence-electron chi connectivity index (χ0n) is 14.7. The molecule has 2 saturated heterocycles. The van der Waals surface area contributed by atoms with E-state index in [0.29, 0.717) is 13.1 Å². The zero-order valence-corrected chi connectivity index (χ0v) is 14.7. The second-order valence-corrected chi connectivity index (χ2v) is 6.65. The summed E-state index contributed by atoms with van der Waals surface area (Å²) < 4.78 is 5.41. The minimum Gasteiger partial charge on any atom is -0.378 e. The van der Waals surface area contributed by atoms with Crippen LogP contribution in [-0.4, -0.2) is 50.2 Å². The quantitative estimate of drug-likeness (QED) is 0.862. The number of carbonyl (C=O) groups is 1. The molecule has 2 aliphatic rings. The van der Waals surface area contributed by atoms with Gasteiger partial charge in [0.2, 0.25) is 0 Å². The van der Waals surface area contributed by atoms with E-state index in [1.54, 1.807) is 0 Å². The minimum atomic E-state index is -0.126. The van der Waals surface area contributed by atoms with Crippen LogP contribution in [-0.2, 0) is 9.53 Å². The number of pyridine rings is 1. The van der Waals surface area contributed by atoms with Gasteiger partial charge < -0.3 is 15.0 Å². The molecular weight excluding hydrogens is 326 g/mol. The van der Waals surface area contributed by atoms with Crippen LogP contribution in [0.3, 0.4) is 0 Å². The van der Waals surface area contributed by atoms with Gasteiger partial charge in [-0.3, -0.25) is 4.79 Å². The molecular formula is C21H23N3O2. The summed E-state index contributed by atoms with van der Waals surface area (Å²) in [7, 11) is 0. The molecule has 1 aromatic heterocycles. The zero-order chi connectivity index (χ0) is 17.8. The van der Waals surface area contributed by atoms with E-state index in [1.165, 1.54) is 0 Å². The normalized spacial score (nSPS) is 22.6. The number of ketones is 1. The molecule has 1 N–H and O–H groups in total. The van der Waals surface area contributed by atoms with Crippen molar-refractivity contribution >= 4 is 17.7 Å². The van der Waals surface area contributed by atoms with Crippen molar-refractivity contribution in [3.05, 3.63) is 65.4 Å². The molecule has 0 saturated carbocycles. The Bertz CT molecular complexity index is 798. The van der Waals surface area contributed by atoms with Gasteiger partial charge in [0.25, 0.3) is 0 Å². The Morgan fingerprint density at radius 3 is 2.69 bits per heavy atom. The van der Waals surface area contributed by atoms with Gasteiger partial charge in [-0.2, -0.15) is 0 Å². The van der Waals surface area contributed by atoms with Gasteiger partial charge in [0.1, 0.15) is 5.82 Å². The molecule has 0 radical (unpaired) electrons. The summed E-state index contributed by atoms with van der Waals surface area (Å²) in [6.45, 7) is 4.43. The van der Waals surface area contributed by atoms with Crippen molar-refractivity contribution in [2.24, 2.45) is 0 Å². The third-order valence-electron chi connectivity index (χ3n) is 4.91. The molecule has 0 amide bonds. The lowest BCUT2D eigenvalue weighted by Crippen LogP contribution is -2.37. The maximum Gasteiger partial charge on any atom is 0.168 e. The number of anilines is 1. The average Bonchev–Trinajstić information content (AvgIpc) is 2.71. The third-order valence-corrected chi connectivity index (χ3v) is 4.91. The van der Waals surface area contributed by atoms with E-state index in [1.807, 2.05) is 54.6 Å². The first kappa shape index (κ1) is 16.9. The lowest BCUT2D eigenvalue weighted by molar-refractivity contribution is -0.117. The van der Waals surface area contributed by atoms with E-state index in [2.05, 4.69) is 10.2 Å². The largest absolute Gasteiger partial charge is 0.378 e. The summed E-state index contributed by atoms with van der Waals surface area (Å²) in [4.78, 5) is 19.9. The van der Waals surface area contributed by atoms with E-state index in [9.17, 15) is 4.79 Å². The molecule has 1 atom stereocenters. The van der Waals surface area contributed by atoms with Crippen LogP contribution in [0.15, 0.2) is 54.1 Å². The van der Waals surface area contributed by atoms with Gasteiger partial charge in [0, 0.05) is 31.8 Å². The molecule has 2 aliphatic heterocycles. The molecule has 2 aromatic rings. The monoisotopic (exact) mass is 349 g/mol. The number of rotatable bonds is 3. The number of Topliss-reactive ketones (excluding diaryl/α,β-unsaturated/α-hetero) is 1. The van der Waals surface area contributed by atoms with Crippen LogP contribution in [0, 0.1) is 0 Å². The molecule has 0 aliphatic carbocycles. The van der Waals surface area contributed by atoms with Crippen LogP contribution in [0.1, 0.15) is 17.2 Å². The van der Waals surface area contributed by atoms with Crippen molar-refractivity contribution in [3.63, 3.8) is 0 Å². The highest BCUT2D eigenvalue weighted by molar-refractivity contribution is 6.05. The number of benzene rings is 1. The number of ether oxygens (including phenoxy) is 1. The summed E-state index contributed by atoms with van der Waals surface area (Å²) in [6, 6.07) is 15.9. The summed E-state index contributed by atoms with van der Waals surface area (Å²) in [6.07, 6.45) is 1.92. The lowest BCUT2D eigenvalue weighted by atomic mass is 9.87. The fraction of sp³-hybridized carbons (Fsp3) is 0.333. The second kappa shape index (κ2) is 7.81. The molecule has 4 rings (SSSR count). The van der Waals surface area contributed by atoms with Crippen molar-refractivity contribution in [2.45, 2.75) is 5.92 Å². The lowest BCUT2D eigenvalue weighted by Gasteiger charge is -2.28. The average molecular weight is 349 g/mol. The van der Waals surface area contributed by atoms with Crippen LogP contribution in [0.4, 0.5) is 5.82 Å². The van der Waals surface area contributed by atoms with E-state index < -0.39 is 0 Å². The first-order valence-corrected chi connectivity index (χ1v) is 9.11. The van der Waals surface area contributed by atoms with Crippen LogP contribution < -0.4 is 10.2 Å². The molecule has 0 bridgehead atoms. The second-order valence-electron chi connectivity index (χ2n) is 6.65. The summed E-state index contributed by atoms with van der Waals surface area (Å²) in [5, 5.41) is 3.37. The predicted octanol–water partition coefficient (Wildman–Crippen LogP) is 2.26. The highest BCUT2D eigenvalue weighted by Crippen LogP contribution is 2.24. The Morgan fingerprint density at radius 1 is 1.08 bits per heavy atom. The Kier molecular flexibility index (Phi) is 5.09. The molecule has 1 unspecified atom stereocenters. The summed E-state index contributed by atoms with van der Waals surface area (Å²) >= 11 is 0. The number of piperidine rings is 1. The maximum atomic E-state index is 13.0. The van der Waals surface area contributed by atoms with Gasteiger partial charge in [-0.05, 0) is 23.8 Å². The minimum absolute atomic E-state index is 0.126. The number of hydrogen-bond acceptors (Lipinski definition) is 5.